The van der Waals surface area contributed by atoms with E-state index in [2.05, 4.69) is 21.2 Å². The van der Waals surface area contributed by atoms with Crippen LogP contribution in [0.25, 0.3) is 0 Å². The van der Waals surface area contributed by atoms with Crippen LogP contribution in [0.3, 0.4) is 0 Å². The normalized spacial score (nSPS) is 22.7. The zero-order chi connectivity index (χ0) is 17.3. The fraction of sp³-hybridized carbons (Fsp3) is 0.353. The summed E-state index contributed by atoms with van der Waals surface area (Å²) in [5, 5.41) is 3.12. The van der Waals surface area contributed by atoms with Gasteiger partial charge >= 0.3 is 0 Å². The third-order valence-electron chi connectivity index (χ3n) is 4.37. The van der Waals surface area contributed by atoms with Crippen molar-refractivity contribution in [2.24, 2.45) is 11.8 Å². The number of likely N-dealkylation sites (tertiary alicyclic amines) is 1. The zero-order valence-corrected chi connectivity index (χ0v) is 15.1. The van der Waals surface area contributed by atoms with E-state index in [0.717, 1.165) is 4.47 Å². The molecular formula is C17H16BrClN2O3. The maximum Gasteiger partial charge on any atom is 0.233 e. The third-order valence-corrected chi connectivity index (χ3v) is 5.17. The summed E-state index contributed by atoms with van der Waals surface area (Å²) in [5.41, 5.74) is 0.502. The lowest BCUT2D eigenvalue weighted by atomic mass is 9.85. The fourth-order valence-electron chi connectivity index (χ4n) is 3.11. The van der Waals surface area contributed by atoms with Crippen LogP contribution in [-0.2, 0) is 14.4 Å². The number of hydrogen-bond acceptors (Lipinski definition) is 3. The molecule has 3 amide bonds. The molecule has 24 heavy (non-hydrogen) atoms. The molecule has 1 saturated heterocycles. The van der Waals surface area contributed by atoms with Crippen molar-refractivity contribution >= 4 is 50.9 Å². The molecule has 1 fully saturated rings. The number of benzene rings is 1. The highest BCUT2D eigenvalue weighted by molar-refractivity contribution is 9.10. The molecule has 1 heterocycles. The van der Waals surface area contributed by atoms with Crippen LogP contribution in [0, 0.1) is 11.8 Å². The SMILES string of the molecule is O=C(CCN1C(=O)[C@H]2CC=CC[C@H]2C1=O)Nc1ccc(Br)cc1Cl. The Hall–Kier alpha value is -1.66. The van der Waals surface area contributed by atoms with Gasteiger partial charge in [-0.3, -0.25) is 19.3 Å². The first-order valence-corrected chi connectivity index (χ1v) is 8.89. The van der Waals surface area contributed by atoms with Gasteiger partial charge in [0.05, 0.1) is 22.5 Å². The second-order valence-electron chi connectivity index (χ2n) is 5.91. The molecule has 1 aromatic carbocycles. The fourth-order valence-corrected chi connectivity index (χ4v) is 3.83. The zero-order valence-electron chi connectivity index (χ0n) is 12.8. The minimum atomic E-state index is -0.284. The van der Waals surface area contributed by atoms with Gasteiger partial charge in [0, 0.05) is 17.4 Å². The lowest BCUT2D eigenvalue weighted by Crippen LogP contribution is -2.34. The molecule has 7 heteroatoms. The Morgan fingerprint density at radius 1 is 1.21 bits per heavy atom. The standard InChI is InChI=1S/C17H16BrClN2O3/c18-10-5-6-14(13(19)9-10)20-15(22)7-8-21-16(23)11-3-1-2-4-12(11)17(21)24/h1-2,5-6,9,11-12H,3-4,7-8H2,(H,20,22)/t11-,12+. The molecule has 0 radical (unpaired) electrons. The number of imide groups is 1. The maximum absolute atomic E-state index is 12.3. The van der Waals surface area contributed by atoms with Crippen LogP contribution in [0.1, 0.15) is 19.3 Å². The van der Waals surface area contributed by atoms with Crippen molar-refractivity contribution in [1.29, 1.82) is 0 Å². The number of carbonyl (C=O) groups is 3. The first kappa shape index (κ1) is 17.2. The summed E-state index contributed by atoms with van der Waals surface area (Å²) in [6.07, 6.45) is 5.14. The summed E-state index contributed by atoms with van der Waals surface area (Å²) in [6.45, 7) is 0.102. The summed E-state index contributed by atoms with van der Waals surface area (Å²) in [5.74, 6) is -1.13. The van der Waals surface area contributed by atoms with Crippen molar-refractivity contribution in [2.75, 3.05) is 11.9 Å². The summed E-state index contributed by atoms with van der Waals surface area (Å²) >= 11 is 9.36. The molecule has 2 aliphatic rings. The average molecular weight is 412 g/mol. The minimum Gasteiger partial charge on any atom is -0.325 e. The Labute approximate surface area is 153 Å². The number of carbonyl (C=O) groups excluding carboxylic acids is 3. The van der Waals surface area contributed by atoms with Crippen molar-refractivity contribution in [3.8, 4) is 0 Å². The van der Waals surface area contributed by atoms with E-state index in [0.29, 0.717) is 23.6 Å². The molecule has 1 aliphatic heterocycles. The van der Waals surface area contributed by atoms with Crippen molar-refractivity contribution in [1.82, 2.24) is 4.90 Å². The third kappa shape index (κ3) is 3.39. The first-order valence-electron chi connectivity index (χ1n) is 7.72. The van der Waals surface area contributed by atoms with E-state index in [1.807, 2.05) is 12.2 Å². The average Bonchev–Trinajstić information content (AvgIpc) is 2.80. The highest BCUT2D eigenvalue weighted by Crippen LogP contribution is 2.35. The molecule has 1 N–H and O–H groups in total. The first-order chi connectivity index (χ1) is 11.5. The van der Waals surface area contributed by atoms with Gasteiger partial charge < -0.3 is 5.32 Å². The number of rotatable bonds is 4. The molecule has 0 unspecified atom stereocenters. The van der Waals surface area contributed by atoms with Gasteiger partial charge in [-0.25, -0.2) is 0 Å². The molecule has 2 atom stereocenters. The Morgan fingerprint density at radius 2 is 1.83 bits per heavy atom. The van der Waals surface area contributed by atoms with E-state index in [1.165, 1.54) is 4.90 Å². The van der Waals surface area contributed by atoms with Crippen molar-refractivity contribution in [3.63, 3.8) is 0 Å². The smallest absolute Gasteiger partial charge is 0.233 e. The van der Waals surface area contributed by atoms with Crippen LogP contribution < -0.4 is 5.32 Å². The highest BCUT2D eigenvalue weighted by Gasteiger charge is 2.46. The van der Waals surface area contributed by atoms with E-state index in [9.17, 15) is 14.4 Å². The molecule has 126 valence electrons. The maximum atomic E-state index is 12.3. The van der Waals surface area contributed by atoms with Gasteiger partial charge in [0.25, 0.3) is 0 Å². The van der Waals surface area contributed by atoms with Gasteiger partial charge in [-0.2, -0.15) is 0 Å². The van der Waals surface area contributed by atoms with E-state index < -0.39 is 0 Å². The lowest BCUT2D eigenvalue weighted by molar-refractivity contribution is -0.140. The molecule has 0 aromatic heterocycles. The quantitative estimate of drug-likeness (QED) is 0.610. The molecule has 0 bridgehead atoms. The highest BCUT2D eigenvalue weighted by atomic mass is 79.9. The van der Waals surface area contributed by atoms with Crippen LogP contribution >= 0.6 is 27.5 Å². The van der Waals surface area contributed by atoms with E-state index >= 15 is 0 Å². The van der Waals surface area contributed by atoms with E-state index in [-0.39, 0.29) is 42.5 Å². The van der Waals surface area contributed by atoms with Crippen LogP contribution in [0.2, 0.25) is 5.02 Å². The molecule has 1 aromatic rings. The van der Waals surface area contributed by atoms with Crippen LogP contribution in [-0.4, -0.2) is 29.2 Å². The number of amides is 3. The van der Waals surface area contributed by atoms with Gasteiger partial charge in [-0.15, -0.1) is 0 Å². The lowest BCUT2D eigenvalue weighted by Gasteiger charge is -2.14. The Morgan fingerprint density at radius 3 is 2.42 bits per heavy atom. The molecule has 0 saturated carbocycles. The van der Waals surface area contributed by atoms with E-state index in [4.69, 9.17) is 11.6 Å². The van der Waals surface area contributed by atoms with Crippen molar-refractivity contribution in [3.05, 3.63) is 39.8 Å². The van der Waals surface area contributed by atoms with Gasteiger partial charge in [-0.05, 0) is 31.0 Å². The van der Waals surface area contributed by atoms with Crippen molar-refractivity contribution in [2.45, 2.75) is 19.3 Å². The van der Waals surface area contributed by atoms with Gasteiger partial charge in [-0.1, -0.05) is 39.7 Å². The molecule has 3 rings (SSSR count). The Kier molecular flexibility index (Phi) is 5.06. The Balaban J connectivity index is 1.58. The van der Waals surface area contributed by atoms with Crippen LogP contribution in [0.4, 0.5) is 5.69 Å². The number of allylic oxidation sites excluding steroid dienone is 2. The Bertz CT molecular complexity index is 709. The second kappa shape index (κ2) is 7.07. The number of hydrogen-bond donors (Lipinski definition) is 1. The summed E-state index contributed by atoms with van der Waals surface area (Å²) in [6, 6.07) is 5.14. The minimum absolute atomic E-state index is 0.0523. The van der Waals surface area contributed by atoms with Gasteiger partial charge in [0.15, 0.2) is 0 Å². The largest absolute Gasteiger partial charge is 0.325 e. The monoisotopic (exact) mass is 410 g/mol. The van der Waals surface area contributed by atoms with Crippen LogP contribution in [0.5, 0.6) is 0 Å². The predicted octanol–water partition coefficient (Wildman–Crippen LogP) is 3.38. The summed E-state index contributed by atoms with van der Waals surface area (Å²) < 4.78 is 0.815. The number of fused-ring (bicyclic) bond motifs is 1. The summed E-state index contributed by atoms with van der Waals surface area (Å²) in [4.78, 5) is 38.0. The molecular weight excluding hydrogens is 396 g/mol. The second-order valence-corrected chi connectivity index (χ2v) is 7.23. The van der Waals surface area contributed by atoms with Gasteiger partial charge in [0.2, 0.25) is 17.7 Å². The number of nitrogens with zero attached hydrogens (tertiary/aromatic N) is 1. The topological polar surface area (TPSA) is 66.5 Å². The van der Waals surface area contributed by atoms with Gasteiger partial charge in [0.1, 0.15) is 0 Å². The predicted molar refractivity (Wildman–Crippen MR) is 94.5 cm³/mol. The van der Waals surface area contributed by atoms with Crippen LogP contribution in [0.15, 0.2) is 34.8 Å². The molecule has 1 aliphatic carbocycles. The number of nitrogens with one attached hydrogen (secondary N) is 1. The summed E-state index contributed by atoms with van der Waals surface area (Å²) in [7, 11) is 0. The molecule has 5 nitrogen and oxygen atoms in total. The molecule has 0 spiro atoms. The number of anilines is 1. The van der Waals surface area contributed by atoms with Crippen molar-refractivity contribution < 1.29 is 14.4 Å². The number of halogens is 2. The van der Waals surface area contributed by atoms with E-state index in [1.54, 1.807) is 18.2 Å².